The highest BCUT2D eigenvalue weighted by Gasteiger charge is 2.19. The van der Waals surface area contributed by atoms with Gasteiger partial charge in [-0.2, -0.15) is 5.10 Å². The highest BCUT2D eigenvalue weighted by molar-refractivity contribution is 5.96. The van der Waals surface area contributed by atoms with Crippen molar-refractivity contribution < 1.29 is 0 Å². The first kappa shape index (κ1) is 20.7. The molecule has 1 saturated heterocycles. The first-order valence-electron chi connectivity index (χ1n) is 12.0. The van der Waals surface area contributed by atoms with Crippen LogP contribution in [0.1, 0.15) is 33.1 Å². The molecule has 34 heavy (non-hydrogen) atoms. The summed E-state index contributed by atoms with van der Waals surface area (Å²) in [7, 11) is 0. The highest BCUT2D eigenvalue weighted by atomic mass is 15.2. The predicted octanol–water partition coefficient (Wildman–Crippen LogP) is 5.37. The van der Waals surface area contributed by atoms with E-state index in [9.17, 15) is 0 Å². The molecule has 0 aliphatic carbocycles. The number of anilines is 2. The molecular weight excluding hydrogens is 424 g/mol. The molecule has 0 saturated carbocycles. The zero-order chi connectivity index (χ0) is 23.1. The average Bonchev–Trinajstić information content (AvgIpc) is 3.48. The largest absolute Gasteiger partial charge is 0.382 e. The molecule has 8 heteroatoms. The van der Waals surface area contributed by atoms with E-state index in [1.807, 2.05) is 18.6 Å². The fourth-order valence-corrected chi connectivity index (χ4v) is 4.79. The van der Waals surface area contributed by atoms with Crippen molar-refractivity contribution in [3.8, 4) is 22.6 Å². The van der Waals surface area contributed by atoms with Crippen LogP contribution in [0.5, 0.6) is 0 Å². The second-order valence-electron chi connectivity index (χ2n) is 9.26. The molecule has 1 fully saturated rings. The quantitative estimate of drug-likeness (QED) is 0.331. The van der Waals surface area contributed by atoms with Crippen molar-refractivity contribution in [1.29, 1.82) is 0 Å². The number of imidazole rings is 1. The maximum atomic E-state index is 4.81. The second kappa shape index (κ2) is 8.44. The Morgan fingerprint density at radius 2 is 1.88 bits per heavy atom. The lowest BCUT2D eigenvalue weighted by atomic mass is 10.0. The van der Waals surface area contributed by atoms with E-state index in [4.69, 9.17) is 4.98 Å². The minimum atomic E-state index is 0.344. The lowest BCUT2D eigenvalue weighted by molar-refractivity contribution is 0.578. The minimum Gasteiger partial charge on any atom is -0.382 e. The van der Waals surface area contributed by atoms with Crippen molar-refractivity contribution >= 4 is 33.4 Å². The monoisotopic (exact) mass is 452 g/mol. The molecule has 3 N–H and O–H groups in total. The van der Waals surface area contributed by atoms with Crippen LogP contribution in [-0.4, -0.2) is 49.3 Å². The molecule has 6 rings (SSSR count). The summed E-state index contributed by atoms with van der Waals surface area (Å²) in [6.45, 7) is 6.38. The molecule has 0 amide bonds. The van der Waals surface area contributed by atoms with Gasteiger partial charge in [0.2, 0.25) is 0 Å². The molecule has 1 aliphatic rings. The first-order chi connectivity index (χ1) is 16.7. The molecule has 1 aliphatic heterocycles. The van der Waals surface area contributed by atoms with Crippen LogP contribution in [-0.2, 0) is 0 Å². The summed E-state index contributed by atoms with van der Waals surface area (Å²) in [5.74, 6) is 0.726. The fraction of sp³-hybridized carbons (Fsp3) is 0.308. The Bertz CT molecular complexity index is 1460. The number of piperidine rings is 1. The molecule has 0 spiro atoms. The molecule has 0 atom stereocenters. The Hall–Kier alpha value is -3.94. The van der Waals surface area contributed by atoms with E-state index in [1.54, 1.807) is 0 Å². The van der Waals surface area contributed by atoms with Crippen LogP contribution < -0.4 is 10.2 Å². The van der Waals surface area contributed by atoms with Gasteiger partial charge in [-0.25, -0.2) is 9.97 Å². The van der Waals surface area contributed by atoms with Crippen LogP contribution in [0.4, 0.5) is 11.4 Å². The Morgan fingerprint density at radius 3 is 2.74 bits per heavy atom. The van der Waals surface area contributed by atoms with Crippen LogP contribution in [0.25, 0.3) is 44.7 Å². The molecule has 172 valence electrons. The van der Waals surface area contributed by atoms with Gasteiger partial charge >= 0.3 is 0 Å². The number of rotatable bonds is 5. The van der Waals surface area contributed by atoms with Crippen LogP contribution in [0.15, 0.2) is 48.9 Å². The van der Waals surface area contributed by atoms with Crippen molar-refractivity contribution in [2.75, 3.05) is 23.3 Å². The van der Waals surface area contributed by atoms with Gasteiger partial charge in [0.05, 0.1) is 16.9 Å². The third-order valence-electron chi connectivity index (χ3n) is 6.38. The number of H-pyrrole nitrogens is 2. The van der Waals surface area contributed by atoms with Gasteiger partial charge in [-0.3, -0.25) is 10.1 Å². The highest BCUT2D eigenvalue weighted by Crippen LogP contribution is 2.33. The maximum Gasteiger partial charge on any atom is 0.180 e. The van der Waals surface area contributed by atoms with Crippen LogP contribution in [0.3, 0.4) is 0 Å². The number of aromatic nitrogens is 6. The Kier molecular flexibility index (Phi) is 5.13. The zero-order valence-corrected chi connectivity index (χ0v) is 19.5. The van der Waals surface area contributed by atoms with Crippen molar-refractivity contribution in [2.24, 2.45) is 0 Å². The summed E-state index contributed by atoms with van der Waals surface area (Å²) >= 11 is 0. The van der Waals surface area contributed by atoms with Crippen LogP contribution in [0, 0.1) is 0 Å². The van der Waals surface area contributed by atoms with E-state index in [2.05, 4.69) is 79.5 Å². The topological polar surface area (TPSA) is 98.4 Å². The summed E-state index contributed by atoms with van der Waals surface area (Å²) in [5, 5.41) is 12.2. The van der Waals surface area contributed by atoms with E-state index < -0.39 is 0 Å². The molecule has 0 radical (unpaired) electrons. The van der Waals surface area contributed by atoms with Gasteiger partial charge in [0, 0.05) is 48.7 Å². The number of nitrogens with zero attached hydrogens (tertiary/aromatic N) is 5. The summed E-state index contributed by atoms with van der Waals surface area (Å²) in [4.78, 5) is 19.7. The Balaban J connectivity index is 1.41. The maximum absolute atomic E-state index is 4.81. The number of nitrogens with one attached hydrogen (secondary N) is 3. The summed E-state index contributed by atoms with van der Waals surface area (Å²) in [6, 6.07) is 10.9. The molecule has 0 bridgehead atoms. The zero-order valence-electron chi connectivity index (χ0n) is 19.5. The third kappa shape index (κ3) is 3.75. The first-order valence-corrected chi connectivity index (χ1v) is 12.0. The van der Waals surface area contributed by atoms with E-state index in [-0.39, 0.29) is 0 Å². The molecule has 0 unspecified atom stereocenters. The number of hydrogen-bond acceptors (Lipinski definition) is 6. The summed E-state index contributed by atoms with van der Waals surface area (Å²) < 4.78 is 0. The van der Waals surface area contributed by atoms with Gasteiger partial charge in [0.25, 0.3) is 0 Å². The average molecular weight is 453 g/mol. The van der Waals surface area contributed by atoms with E-state index in [1.165, 1.54) is 24.9 Å². The molecule has 8 nitrogen and oxygen atoms in total. The lowest BCUT2D eigenvalue weighted by Crippen LogP contribution is -2.29. The number of hydrogen-bond donors (Lipinski definition) is 3. The van der Waals surface area contributed by atoms with Crippen molar-refractivity contribution in [1.82, 2.24) is 30.1 Å². The van der Waals surface area contributed by atoms with Gasteiger partial charge in [-0.15, -0.1) is 0 Å². The predicted molar refractivity (Wildman–Crippen MR) is 137 cm³/mol. The Labute approximate surface area is 197 Å². The standard InChI is InChI=1S/C26H28N8/c1-16(2)29-19-12-18(14-27-15-19)17-6-7-21-20(13-17)23(33-32-21)26-30-24-22(8-9-28-25(24)31-26)34-10-4-3-5-11-34/h6-9,12-16,29H,3-5,10-11H2,1-2H3,(H,32,33)(H,28,30,31). The fourth-order valence-electron chi connectivity index (χ4n) is 4.79. The van der Waals surface area contributed by atoms with Gasteiger partial charge in [0.1, 0.15) is 11.2 Å². The van der Waals surface area contributed by atoms with E-state index >= 15 is 0 Å². The van der Waals surface area contributed by atoms with Crippen molar-refractivity contribution in [2.45, 2.75) is 39.2 Å². The lowest BCUT2D eigenvalue weighted by Gasteiger charge is -2.28. The molecule has 5 aromatic rings. The van der Waals surface area contributed by atoms with Crippen LogP contribution in [0.2, 0.25) is 0 Å². The Morgan fingerprint density at radius 1 is 1.00 bits per heavy atom. The molecule has 4 aromatic heterocycles. The second-order valence-corrected chi connectivity index (χ2v) is 9.26. The molecule has 5 heterocycles. The number of benzene rings is 1. The molecule has 1 aromatic carbocycles. The smallest absolute Gasteiger partial charge is 0.180 e. The number of pyridine rings is 2. The minimum absolute atomic E-state index is 0.344. The van der Waals surface area contributed by atoms with Crippen molar-refractivity contribution in [3.05, 3.63) is 48.9 Å². The summed E-state index contributed by atoms with van der Waals surface area (Å²) in [6.07, 6.45) is 9.34. The van der Waals surface area contributed by atoms with E-state index in [0.29, 0.717) is 6.04 Å². The number of aromatic amines is 2. The molecular formula is C26H28N8. The SMILES string of the molecule is CC(C)Nc1cncc(-c2ccc3[nH]nc(-c4nc5nccc(N6CCCCC6)c5[nH]4)c3c2)c1. The van der Waals surface area contributed by atoms with Crippen LogP contribution >= 0.6 is 0 Å². The van der Waals surface area contributed by atoms with Gasteiger partial charge in [-0.1, -0.05) is 6.07 Å². The van der Waals surface area contributed by atoms with E-state index in [0.717, 1.165) is 63.5 Å². The normalized spacial score (nSPS) is 14.4. The third-order valence-corrected chi connectivity index (χ3v) is 6.38. The van der Waals surface area contributed by atoms with Gasteiger partial charge in [0.15, 0.2) is 11.5 Å². The van der Waals surface area contributed by atoms with Crippen molar-refractivity contribution in [3.63, 3.8) is 0 Å². The summed E-state index contributed by atoms with van der Waals surface area (Å²) in [5.41, 5.74) is 7.77. The van der Waals surface area contributed by atoms with Gasteiger partial charge < -0.3 is 15.2 Å². The van der Waals surface area contributed by atoms with Gasteiger partial charge in [-0.05, 0) is 62.9 Å². The number of fused-ring (bicyclic) bond motifs is 2.